The molecule has 0 radical (unpaired) electrons. The molecule has 162 valence electrons. The molecule has 1 aromatic heterocycles. The molecule has 3 saturated heterocycles. The first-order chi connectivity index (χ1) is 14.6. The van der Waals surface area contributed by atoms with Gasteiger partial charge in [-0.3, -0.25) is 4.98 Å². The van der Waals surface area contributed by atoms with Crippen molar-refractivity contribution in [3.05, 3.63) is 89.0 Å². The molecular weight excluding hydrogens is 516 g/mol. The van der Waals surface area contributed by atoms with Gasteiger partial charge in [0.25, 0.3) is 0 Å². The Morgan fingerprint density at radius 2 is 2.03 bits per heavy atom. The van der Waals surface area contributed by atoms with E-state index in [1.807, 2.05) is 30.5 Å². The summed E-state index contributed by atoms with van der Waals surface area (Å²) in [5.41, 5.74) is 3.29. The second kappa shape index (κ2) is 9.14. The topological polar surface area (TPSA) is 33.1 Å². The van der Waals surface area contributed by atoms with Crippen LogP contribution in [0, 0.1) is 11.8 Å². The minimum absolute atomic E-state index is 0. The number of fused-ring (bicyclic) bond motifs is 4. The highest BCUT2D eigenvalue weighted by Gasteiger charge is 2.53. The van der Waals surface area contributed by atoms with E-state index in [1.165, 1.54) is 12.0 Å². The minimum atomic E-state index is -0.501. The van der Waals surface area contributed by atoms with Crippen LogP contribution in [0.15, 0.2) is 77.9 Å². The monoisotopic (exact) mass is 542 g/mol. The van der Waals surface area contributed by atoms with Gasteiger partial charge < -0.3 is 26.6 Å². The summed E-state index contributed by atoms with van der Waals surface area (Å²) in [7, 11) is 0. The number of halogens is 2. The van der Waals surface area contributed by atoms with Gasteiger partial charge in [0.05, 0.1) is 18.6 Å². The number of rotatable bonds is 5. The molecule has 0 amide bonds. The van der Waals surface area contributed by atoms with Gasteiger partial charge >= 0.3 is 0 Å². The van der Waals surface area contributed by atoms with Crippen LogP contribution >= 0.6 is 15.9 Å². The van der Waals surface area contributed by atoms with Crippen molar-refractivity contribution in [1.29, 1.82) is 0 Å². The van der Waals surface area contributed by atoms with E-state index in [9.17, 15) is 5.11 Å². The van der Waals surface area contributed by atoms with E-state index >= 15 is 0 Å². The zero-order valence-corrected chi connectivity index (χ0v) is 20.7. The SMILES string of the molecule is C=C[C@H]1C[N+]2(Cc3cccc(Br)c3)CC[C@H]1C[C@@H]2[C@@H](O)c1ccnc2ccccc12.[Br-]. The number of aliphatic hydroxyl groups is 1. The number of piperidine rings is 3. The molecule has 6 rings (SSSR count). The molecule has 2 aromatic carbocycles. The van der Waals surface area contributed by atoms with Crippen LogP contribution in [0.2, 0.25) is 0 Å². The van der Waals surface area contributed by atoms with Gasteiger partial charge in [-0.1, -0.05) is 52.3 Å². The van der Waals surface area contributed by atoms with E-state index in [0.29, 0.717) is 11.8 Å². The van der Waals surface area contributed by atoms with Crippen LogP contribution < -0.4 is 17.0 Å². The number of pyridine rings is 1. The molecule has 3 nitrogen and oxygen atoms in total. The Labute approximate surface area is 203 Å². The summed E-state index contributed by atoms with van der Waals surface area (Å²) in [5, 5.41) is 12.8. The summed E-state index contributed by atoms with van der Waals surface area (Å²) in [6.07, 6.45) is 5.75. The van der Waals surface area contributed by atoms with Crippen LogP contribution in [0.3, 0.4) is 0 Å². The Morgan fingerprint density at radius 3 is 2.84 bits per heavy atom. The van der Waals surface area contributed by atoms with E-state index < -0.39 is 6.10 Å². The number of aliphatic hydroxyl groups excluding tert-OH is 1. The highest BCUT2D eigenvalue weighted by molar-refractivity contribution is 9.10. The molecule has 4 heterocycles. The molecule has 0 aliphatic carbocycles. The van der Waals surface area contributed by atoms with E-state index in [1.54, 1.807) is 0 Å². The third-order valence-corrected chi connectivity index (χ3v) is 7.92. The van der Waals surface area contributed by atoms with Crippen LogP contribution in [0.4, 0.5) is 0 Å². The van der Waals surface area contributed by atoms with Crippen molar-refractivity contribution in [2.75, 3.05) is 13.1 Å². The van der Waals surface area contributed by atoms with Crippen molar-refractivity contribution in [2.24, 2.45) is 11.8 Å². The van der Waals surface area contributed by atoms with Gasteiger partial charge in [-0.15, -0.1) is 6.58 Å². The van der Waals surface area contributed by atoms with Crippen molar-refractivity contribution in [1.82, 2.24) is 4.98 Å². The lowest BCUT2D eigenvalue weighted by Gasteiger charge is -2.58. The second-order valence-electron chi connectivity index (χ2n) is 9.03. The third kappa shape index (κ3) is 4.13. The predicted octanol–water partition coefficient (Wildman–Crippen LogP) is 2.65. The first-order valence-corrected chi connectivity index (χ1v) is 11.6. The highest BCUT2D eigenvalue weighted by atomic mass is 79.9. The quantitative estimate of drug-likeness (QED) is 0.396. The molecule has 3 fully saturated rings. The number of hydrogen-bond acceptors (Lipinski definition) is 2. The minimum Gasteiger partial charge on any atom is -1.00 e. The number of para-hydroxylation sites is 1. The highest BCUT2D eigenvalue weighted by Crippen LogP contribution is 2.48. The van der Waals surface area contributed by atoms with Gasteiger partial charge in [0.1, 0.15) is 18.7 Å². The molecule has 31 heavy (non-hydrogen) atoms. The predicted molar refractivity (Wildman–Crippen MR) is 125 cm³/mol. The van der Waals surface area contributed by atoms with E-state index in [0.717, 1.165) is 51.5 Å². The van der Waals surface area contributed by atoms with Crippen molar-refractivity contribution < 1.29 is 26.6 Å². The zero-order chi connectivity index (χ0) is 20.7. The number of benzene rings is 2. The van der Waals surface area contributed by atoms with E-state index in [4.69, 9.17) is 0 Å². The normalized spacial score (nSPS) is 28.1. The van der Waals surface area contributed by atoms with Gasteiger partial charge in [-0.2, -0.15) is 0 Å². The first kappa shape index (κ1) is 22.7. The molecule has 5 heteroatoms. The fourth-order valence-electron chi connectivity index (χ4n) is 5.96. The molecule has 1 unspecified atom stereocenters. The fourth-order valence-corrected chi connectivity index (χ4v) is 6.41. The Kier molecular flexibility index (Phi) is 6.68. The van der Waals surface area contributed by atoms with Gasteiger partial charge in [-0.05, 0) is 35.7 Å². The Morgan fingerprint density at radius 1 is 1.19 bits per heavy atom. The molecule has 1 N–H and O–H groups in total. The van der Waals surface area contributed by atoms with Crippen molar-refractivity contribution in [3.8, 4) is 0 Å². The second-order valence-corrected chi connectivity index (χ2v) is 9.94. The van der Waals surface area contributed by atoms with Crippen LogP contribution in [-0.2, 0) is 6.54 Å². The third-order valence-electron chi connectivity index (χ3n) is 7.43. The largest absolute Gasteiger partial charge is 1.00 e. The summed E-state index contributed by atoms with van der Waals surface area (Å²) >= 11 is 3.63. The summed E-state index contributed by atoms with van der Waals surface area (Å²) < 4.78 is 2.05. The van der Waals surface area contributed by atoms with Crippen LogP contribution in [0.25, 0.3) is 10.9 Å². The molecule has 3 aliphatic rings. The van der Waals surface area contributed by atoms with Gasteiger partial charge in [-0.25, -0.2) is 0 Å². The lowest BCUT2D eigenvalue weighted by atomic mass is 9.71. The summed E-state index contributed by atoms with van der Waals surface area (Å²) in [4.78, 5) is 4.50. The molecule has 0 saturated carbocycles. The van der Waals surface area contributed by atoms with Crippen LogP contribution in [0.1, 0.15) is 30.1 Å². The van der Waals surface area contributed by atoms with E-state index in [2.05, 4.69) is 63.9 Å². The van der Waals surface area contributed by atoms with Crippen molar-refractivity contribution >= 4 is 26.8 Å². The van der Waals surface area contributed by atoms with Crippen molar-refractivity contribution in [3.63, 3.8) is 0 Å². The fraction of sp³-hybridized carbons (Fsp3) is 0.346. The molecule has 3 aromatic rings. The Hall–Kier alpha value is -1.53. The summed E-state index contributed by atoms with van der Waals surface area (Å²) in [6.45, 7) is 7.26. The summed E-state index contributed by atoms with van der Waals surface area (Å²) in [6, 6.07) is 19.0. The average molecular weight is 544 g/mol. The maximum atomic E-state index is 11.7. The van der Waals surface area contributed by atoms with Crippen molar-refractivity contribution in [2.45, 2.75) is 31.5 Å². The maximum Gasteiger partial charge on any atom is 0.131 e. The Balaban J connectivity index is 0.00000231. The molecule has 2 bridgehead atoms. The number of nitrogens with zero attached hydrogens (tertiary/aromatic N) is 2. The average Bonchev–Trinajstić information content (AvgIpc) is 2.78. The number of quaternary nitrogens is 1. The van der Waals surface area contributed by atoms with Gasteiger partial charge in [0, 0.05) is 40.4 Å². The zero-order valence-electron chi connectivity index (χ0n) is 17.5. The van der Waals surface area contributed by atoms with Gasteiger partial charge in [0.15, 0.2) is 0 Å². The first-order valence-electron chi connectivity index (χ1n) is 10.8. The van der Waals surface area contributed by atoms with Gasteiger partial charge in [0.2, 0.25) is 0 Å². The molecular formula is C26H28Br2N2O. The number of hydrogen-bond donors (Lipinski definition) is 1. The maximum absolute atomic E-state index is 11.7. The lowest BCUT2D eigenvalue weighted by Crippen LogP contribution is -3.00. The summed E-state index contributed by atoms with van der Waals surface area (Å²) in [5.74, 6) is 1.15. The lowest BCUT2D eigenvalue weighted by molar-refractivity contribution is -0.984. The molecule has 5 atom stereocenters. The molecule has 0 spiro atoms. The molecule has 3 aliphatic heterocycles. The van der Waals surface area contributed by atoms with Crippen LogP contribution in [0.5, 0.6) is 0 Å². The smallest absolute Gasteiger partial charge is 0.131 e. The number of aromatic nitrogens is 1. The van der Waals surface area contributed by atoms with Crippen LogP contribution in [-0.4, -0.2) is 33.7 Å². The Bertz CT molecular complexity index is 1080. The standard InChI is InChI=1S/C26H28BrN2O.BrH/c1-2-19-17-29(16-18-6-5-7-21(27)14-18)13-11-20(19)15-25(29)26(30)23-10-12-28-24-9-4-3-8-22(23)24;/h2-10,12,14,19-20,25-26,30H,1,11,13,15-17H2;1H/q+1;/p-1/t19-,20-,25+,26-,29?;/m0./s1. The van der Waals surface area contributed by atoms with E-state index in [-0.39, 0.29) is 23.0 Å².